The summed E-state index contributed by atoms with van der Waals surface area (Å²) in [7, 11) is 0. The van der Waals surface area contributed by atoms with E-state index in [9.17, 15) is 4.39 Å². The summed E-state index contributed by atoms with van der Waals surface area (Å²) >= 11 is 0. The zero-order chi connectivity index (χ0) is 9.10. The van der Waals surface area contributed by atoms with Gasteiger partial charge in [0.05, 0.1) is 0 Å². The molecule has 70 valence electrons. The SMILES string of the molecule is Fc1cccc(O[C@H]2CCNC2)c1. The van der Waals surface area contributed by atoms with Crippen LogP contribution in [0.25, 0.3) is 0 Å². The number of hydrogen-bond donors (Lipinski definition) is 1. The quantitative estimate of drug-likeness (QED) is 0.747. The fourth-order valence-corrected chi connectivity index (χ4v) is 1.46. The van der Waals surface area contributed by atoms with Gasteiger partial charge in [-0.2, -0.15) is 0 Å². The van der Waals surface area contributed by atoms with E-state index in [1.54, 1.807) is 12.1 Å². The van der Waals surface area contributed by atoms with Crippen molar-refractivity contribution in [2.24, 2.45) is 0 Å². The second-order valence-corrected chi connectivity index (χ2v) is 3.19. The van der Waals surface area contributed by atoms with Gasteiger partial charge in [-0.15, -0.1) is 0 Å². The van der Waals surface area contributed by atoms with E-state index >= 15 is 0 Å². The van der Waals surface area contributed by atoms with Crippen molar-refractivity contribution in [3.8, 4) is 5.75 Å². The molecule has 1 atom stereocenters. The van der Waals surface area contributed by atoms with Crippen molar-refractivity contribution in [1.82, 2.24) is 5.32 Å². The molecule has 0 saturated carbocycles. The third kappa shape index (κ3) is 2.18. The van der Waals surface area contributed by atoms with Crippen molar-refractivity contribution >= 4 is 0 Å². The fraction of sp³-hybridized carbons (Fsp3) is 0.400. The lowest BCUT2D eigenvalue weighted by Gasteiger charge is -2.11. The summed E-state index contributed by atoms with van der Waals surface area (Å²) in [6.07, 6.45) is 1.19. The maximum atomic E-state index is 12.7. The minimum Gasteiger partial charge on any atom is -0.489 e. The maximum absolute atomic E-state index is 12.7. The minimum absolute atomic E-state index is 0.196. The second-order valence-electron chi connectivity index (χ2n) is 3.19. The molecule has 0 unspecified atom stereocenters. The first-order chi connectivity index (χ1) is 6.34. The predicted molar refractivity (Wildman–Crippen MR) is 48.3 cm³/mol. The summed E-state index contributed by atoms with van der Waals surface area (Å²) in [6.45, 7) is 1.84. The van der Waals surface area contributed by atoms with Gasteiger partial charge in [0.15, 0.2) is 0 Å². The molecule has 0 aliphatic carbocycles. The molecule has 0 bridgehead atoms. The summed E-state index contributed by atoms with van der Waals surface area (Å²) in [4.78, 5) is 0. The first kappa shape index (κ1) is 8.51. The largest absolute Gasteiger partial charge is 0.489 e. The third-order valence-corrected chi connectivity index (χ3v) is 2.11. The molecule has 13 heavy (non-hydrogen) atoms. The Hall–Kier alpha value is -1.09. The first-order valence-electron chi connectivity index (χ1n) is 4.47. The number of rotatable bonds is 2. The van der Waals surface area contributed by atoms with E-state index in [4.69, 9.17) is 4.74 Å². The van der Waals surface area contributed by atoms with Crippen LogP contribution in [0.1, 0.15) is 6.42 Å². The standard InChI is InChI=1S/C10H12FNO/c11-8-2-1-3-9(6-8)13-10-4-5-12-7-10/h1-3,6,10,12H,4-5,7H2/t10-/m0/s1. The van der Waals surface area contributed by atoms with Crippen LogP contribution in [0.15, 0.2) is 24.3 Å². The molecule has 1 aliphatic heterocycles. The number of ether oxygens (including phenoxy) is 1. The van der Waals surface area contributed by atoms with E-state index in [0.29, 0.717) is 5.75 Å². The van der Waals surface area contributed by atoms with Crippen LogP contribution in [0.2, 0.25) is 0 Å². The van der Waals surface area contributed by atoms with Gasteiger partial charge in [-0.05, 0) is 25.1 Å². The van der Waals surface area contributed by atoms with Crippen molar-refractivity contribution in [2.75, 3.05) is 13.1 Å². The molecule has 1 N–H and O–H groups in total. The van der Waals surface area contributed by atoms with Crippen LogP contribution in [0.5, 0.6) is 5.75 Å². The van der Waals surface area contributed by atoms with Gasteiger partial charge in [0.25, 0.3) is 0 Å². The van der Waals surface area contributed by atoms with Gasteiger partial charge in [-0.1, -0.05) is 6.07 Å². The molecular formula is C10H12FNO. The van der Waals surface area contributed by atoms with E-state index in [1.807, 2.05) is 0 Å². The highest BCUT2D eigenvalue weighted by Crippen LogP contribution is 2.15. The summed E-state index contributed by atoms with van der Waals surface area (Å²) in [5.74, 6) is 0.372. The zero-order valence-electron chi connectivity index (χ0n) is 7.29. The lowest BCUT2D eigenvalue weighted by Crippen LogP contribution is -2.19. The van der Waals surface area contributed by atoms with Crippen LogP contribution in [0.3, 0.4) is 0 Å². The van der Waals surface area contributed by atoms with Crippen LogP contribution in [-0.2, 0) is 0 Å². The Morgan fingerprint density at radius 1 is 1.46 bits per heavy atom. The predicted octanol–water partition coefficient (Wildman–Crippen LogP) is 1.57. The smallest absolute Gasteiger partial charge is 0.126 e. The molecule has 1 fully saturated rings. The molecule has 2 nitrogen and oxygen atoms in total. The van der Waals surface area contributed by atoms with Crippen molar-refractivity contribution in [1.29, 1.82) is 0 Å². The van der Waals surface area contributed by atoms with Crippen molar-refractivity contribution < 1.29 is 9.13 Å². The van der Waals surface area contributed by atoms with E-state index in [0.717, 1.165) is 19.5 Å². The van der Waals surface area contributed by atoms with E-state index in [1.165, 1.54) is 12.1 Å². The molecule has 0 spiro atoms. The number of benzene rings is 1. The van der Waals surface area contributed by atoms with Gasteiger partial charge in [-0.3, -0.25) is 0 Å². The molecule has 1 saturated heterocycles. The van der Waals surface area contributed by atoms with Crippen molar-refractivity contribution in [2.45, 2.75) is 12.5 Å². The van der Waals surface area contributed by atoms with Crippen LogP contribution >= 0.6 is 0 Å². The highest BCUT2D eigenvalue weighted by molar-refractivity contribution is 5.22. The monoisotopic (exact) mass is 181 g/mol. The van der Waals surface area contributed by atoms with Crippen LogP contribution in [0.4, 0.5) is 4.39 Å². The lowest BCUT2D eigenvalue weighted by molar-refractivity contribution is 0.222. The molecule has 2 rings (SSSR count). The molecule has 0 amide bonds. The molecule has 1 aromatic carbocycles. The minimum atomic E-state index is -0.247. The Balaban J connectivity index is 2.00. The van der Waals surface area contributed by atoms with Crippen LogP contribution in [0, 0.1) is 5.82 Å². The average Bonchev–Trinajstić information content (AvgIpc) is 2.57. The van der Waals surface area contributed by atoms with E-state index in [2.05, 4.69) is 5.32 Å². The van der Waals surface area contributed by atoms with Crippen molar-refractivity contribution in [3.63, 3.8) is 0 Å². The summed E-state index contributed by atoms with van der Waals surface area (Å²) in [5.41, 5.74) is 0. The van der Waals surface area contributed by atoms with Gasteiger partial charge < -0.3 is 10.1 Å². The van der Waals surface area contributed by atoms with Gasteiger partial charge in [0.2, 0.25) is 0 Å². The summed E-state index contributed by atoms with van der Waals surface area (Å²) in [6, 6.07) is 6.27. The molecule has 1 heterocycles. The average molecular weight is 181 g/mol. The maximum Gasteiger partial charge on any atom is 0.126 e. The molecule has 0 radical (unpaired) electrons. The highest BCUT2D eigenvalue weighted by Gasteiger charge is 2.15. The Morgan fingerprint density at radius 2 is 2.38 bits per heavy atom. The van der Waals surface area contributed by atoms with Gasteiger partial charge in [0, 0.05) is 12.6 Å². The number of hydrogen-bond acceptors (Lipinski definition) is 2. The second kappa shape index (κ2) is 3.75. The molecule has 1 aliphatic rings. The Morgan fingerprint density at radius 3 is 3.08 bits per heavy atom. The van der Waals surface area contributed by atoms with Crippen molar-refractivity contribution in [3.05, 3.63) is 30.1 Å². The number of halogens is 1. The zero-order valence-corrected chi connectivity index (χ0v) is 7.29. The van der Waals surface area contributed by atoms with Gasteiger partial charge in [-0.25, -0.2) is 4.39 Å². The normalized spacial score (nSPS) is 21.8. The van der Waals surface area contributed by atoms with Gasteiger partial charge >= 0.3 is 0 Å². The van der Waals surface area contributed by atoms with E-state index < -0.39 is 0 Å². The highest BCUT2D eigenvalue weighted by atomic mass is 19.1. The van der Waals surface area contributed by atoms with E-state index in [-0.39, 0.29) is 11.9 Å². The lowest BCUT2D eigenvalue weighted by atomic mass is 10.3. The number of nitrogens with one attached hydrogen (secondary N) is 1. The Bertz CT molecular complexity index is 284. The summed E-state index contributed by atoms with van der Waals surface area (Å²) in [5, 5.41) is 3.19. The van der Waals surface area contributed by atoms with Crippen LogP contribution < -0.4 is 10.1 Å². The molecular weight excluding hydrogens is 169 g/mol. The first-order valence-corrected chi connectivity index (χ1v) is 4.47. The molecule has 0 aromatic heterocycles. The Kier molecular flexibility index (Phi) is 2.45. The van der Waals surface area contributed by atoms with Crippen LogP contribution in [-0.4, -0.2) is 19.2 Å². The molecule has 3 heteroatoms. The Labute approximate surface area is 76.7 Å². The molecule has 1 aromatic rings. The third-order valence-electron chi connectivity index (χ3n) is 2.11. The fourth-order valence-electron chi connectivity index (χ4n) is 1.46. The summed E-state index contributed by atoms with van der Waals surface area (Å²) < 4.78 is 18.3. The topological polar surface area (TPSA) is 21.3 Å². The van der Waals surface area contributed by atoms with Gasteiger partial charge in [0.1, 0.15) is 17.7 Å².